The summed E-state index contributed by atoms with van der Waals surface area (Å²) in [7, 11) is 0. The van der Waals surface area contributed by atoms with Crippen LogP contribution < -0.4 is 10.3 Å². The molecule has 1 aliphatic heterocycles. The van der Waals surface area contributed by atoms with Gasteiger partial charge in [-0.1, -0.05) is 0 Å². The molecule has 11 heteroatoms. The van der Waals surface area contributed by atoms with Crippen molar-refractivity contribution in [2.75, 3.05) is 18.0 Å². The number of hydrogen-bond acceptors (Lipinski definition) is 7. The van der Waals surface area contributed by atoms with E-state index in [1.54, 1.807) is 29.0 Å². The summed E-state index contributed by atoms with van der Waals surface area (Å²) in [6.07, 6.45) is 7.98. The molecule has 0 aromatic carbocycles. The van der Waals surface area contributed by atoms with Crippen LogP contribution in [0.2, 0.25) is 0 Å². The lowest BCUT2D eigenvalue weighted by molar-refractivity contribution is 0.0695. The fraction of sp³-hybridized carbons (Fsp3) is 0.167. The Labute approximate surface area is 166 Å². The molecule has 4 aromatic heterocycles. The summed E-state index contributed by atoms with van der Waals surface area (Å²) in [5.41, 5.74) is -1.08. The number of imidazole rings is 1. The zero-order valence-corrected chi connectivity index (χ0v) is 15.6. The SMILES string of the molecule is O=C(O)c1cn(-c2nccs2)c2nc(N3CC(n4ccnc4)C3)c(F)cc2c1=O. The van der Waals surface area contributed by atoms with Crippen molar-refractivity contribution in [2.24, 2.45) is 0 Å². The molecule has 4 aromatic rings. The van der Waals surface area contributed by atoms with Crippen molar-refractivity contribution >= 4 is 34.2 Å². The molecule has 0 atom stereocenters. The fourth-order valence-electron chi connectivity index (χ4n) is 3.37. The molecule has 0 amide bonds. The number of fused-ring (bicyclic) bond motifs is 1. The van der Waals surface area contributed by atoms with Gasteiger partial charge in [-0.3, -0.25) is 9.36 Å². The van der Waals surface area contributed by atoms with Crippen molar-refractivity contribution in [1.82, 2.24) is 24.1 Å². The molecule has 5 heterocycles. The van der Waals surface area contributed by atoms with E-state index in [0.717, 1.165) is 6.07 Å². The number of nitrogens with zero attached hydrogens (tertiary/aromatic N) is 6. The van der Waals surface area contributed by atoms with Crippen LogP contribution in [-0.2, 0) is 0 Å². The molecule has 0 radical (unpaired) electrons. The topological polar surface area (TPSA) is 106 Å². The van der Waals surface area contributed by atoms with E-state index in [2.05, 4.69) is 15.0 Å². The lowest BCUT2D eigenvalue weighted by Gasteiger charge is -2.40. The second-order valence-electron chi connectivity index (χ2n) is 6.60. The minimum atomic E-state index is -1.39. The predicted octanol–water partition coefficient (Wildman–Crippen LogP) is 1.94. The molecule has 9 nitrogen and oxygen atoms in total. The molecular formula is C18H13FN6O3S. The summed E-state index contributed by atoms with van der Waals surface area (Å²) < 4.78 is 18.2. The smallest absolute Gasteiger partial charge is 0.341 e. The second-order valence-corrected chi connectivity index (χ2v) is 7.47. The Morgan fingerprint density at radius 3 is 2.79 bits per heavy atom. The van der Waals surface area contributed by atoms with Crippen molar-refractivity contribution in [2.45, 2.75) is 6.04 Å². The Morgan fingerprint density at radius 2 is 2.14 bits per heavy atom. The Morgan fingerprint density at radius 1 is 1.31 bits per heavy atom. The van der Waals surface area contributed by atoms with Crippen molar-refractivity contribution in [3.05, 3.63) is 64.2 Å². The number of hydrogen-bond donors (Lipinski definition) is 1. The number of thiazole rings is 1. The molecule has 1 aliphatic rings. The highest BCUT2D eigenvalue weighted by Gasteiger charge is 2.31. The summed E-state index contributed by atoms with van der Waals surface area (Å²) in [5, 5.41) is 11.4. The van der Waals surface area contributed by atoms with Gasteiger partial charge in [-0.25, -0.2) is 24.1 Å². The monoisotopic (exact) mass is 412 g/mol. The van der Waals surface area contributed by atoms with E-state index in [1.165, 1.54) is 22.1 Å². The number of rotatable bonds is 4. The average molecular weight is 412 g/mol. The summed E-state index contributed by atoms with van der Waals surface area (Å²) in [6, 6.07) is 1.21. The van der Waals surface area contributed by atoms with Gasteiger partial charge < -0.3 is 14.6 Å². The quantitative estimate of drug-likeness (QED) is 0.546. The Bertz CT molecular complexity index is 1280. The third-order valence-electron chi connectivity index (χ3n) is 4.88. The standard InChI is InChI=1S/C18H13FN6O3S/c19-13-5-11-14(26)12(17(27)28)8-25(18-21-2-4-29-18)15(11)22-16(13)24-6-10(7-24)23-3-1-20-9-23/h1-5,8-10H,6-7H2,(H,27,28). The summed E-state index contributed by atoms with van der Waals surface area (Å²) in [6.45, 7) is 1.08. The van der Waals surface area contributed by atoms with Crippen molar-refractivity contribution in [3.63, 3.8) is 0 Å². The van der Waals surface area contributed by atoms with Crippen LogP contribution in [0.5, 0.6) is 0 Å². The summed E-state index contributed by atoms with van der Waals surface area (Å²) in [5.74, 6) is -1.95. The minimum Gasteiger partial charge on any atom is -0.477 e. The maximum Gasteiger partial charge on any atom is 0.341 e. The molecule has 0 saturated carbocycles. The number of pyridine rings is 2. The molecule has 0 aliphatic carbocycles. The first kappa shape index (κ1) is 17.5. The maximum absolute atomic E-state index is 14.8. The number of halogens is 1. The summed E-state index contributed by atoms with van der Waals surface area (Å²) >= 11 is 1.25. The highest BCUT2D eigenvalue weighted by atomic mass is 32.1. The van der Waals surface area contributed by atoms with Crippen LogP contribution in [0, 0.1) is 5.82 Å². The van der Waals surface area contributed by atoms with E-state index in [-0.39, 0.29) is 22.9 Å². The number of carbonyl (C=O) groups is 1. The number of aromatic nitrogens is 5. The van der Waals surface area contributed by atoms with Crippen LogP contribution in [0.15, 0.2) is 47.4 Å². The molecule has 1 N–H and O–H groups in total. The second kappa shape index (κ2) is 6.48. The molecular weight excluding hydrogens is 399 g/mol. The molecule has 1 fully saturated rings. The number of carboxylic acid groups (broad SMARTS) is 1. The Kier molecular flexibility index (Phi) is 3.91. The van der Waals surface area contributed by atoms with Gasteiger partial charge in [-0.15, -0.1) is 11.3 Å². The first-order chi connectivity index (χ1) is 14.0. The van der Waals surface area contributed by atoms with E-state index >= 15 is 0 Å². The predicted molar refractivity (Wildman–Crippen MR) is 103 cm³/mol. The molecule has 0 spiro atoms. The Balaban J connectivity index is 1.64. The number of anilines is 1. The largest absolute Gasteiger partial charge is 0.477 e. The lowest BCUT2D eigenvalue weighted by atomic mass is 10.1. The molecule has 146 valence electrons. The minimum absolute atomic E-state index is 0.104. The zero-order valence-electron chi connectivity index (χ0n) is 14.8. The van der Waals surface area contributed by atoms with E-state index in [0.29, 0.717) is 18.2 Å². The first-order valence-corrected chi connectivity index (χ1v) is 9.52. The van der Waals surface area contributed by atoms with E-state index < -0.39 is 22.8 Å². The highest BCUT2D eigenvalue weighted by Crippen LogP contribution is 2.30. The molecule has 0 bridgehead atoms. The van der Waals surface area contributed by atoms with Crippen LogP contribution >= 0.6 is 11.3 Å². The van der Waals surface area contributed by atoms with Gasteiger partial charge in [0.05, 0.1) is 17.8 Å². The van der Waals surface area contributed by atoms with Gasteiger partial charge in [0, 0.05) is 43.3 Å². The van der Waals surface area contributed by atoms with Crippen LogP contribution in [0.1, 0.15) is 16.4 Å². The number of aromatic carboxylic acids is 1. The Hall–Kier alpha value is -3.60. The van der Waals surface area contributed by atoms with Crippen molar-refractivity contribution in [1.29, 1.82) is 0 Å². The van der Waals surface area contributed by atoms with Gasteiger partial charge in [0.2, 0.25) is 5.43 Å². The first-order valence-electron chi connectivity index (χ1n) is 8.64. The molecule has 0 unspecified atom stereocenters. The normalized spacial score (nSPS) is 14.3. The van der Waals surface area contributed by atoms with E-state index in [1.807, 2.05) is 10.8 Å². The van der Waals surface area contributed by atoms with E-state index in [9.17, 15) is 19.1 Å². The van der Waals surface area contributed by atoms with Gasteiger partial charge in [-0.2, -0.15) is 0 Å². The molecule has 29 heavy (non-hydrogen) atoms. The fourth-order valence-corrected chi connectivity index (χ4v) is 3.99. The highest BCUT2D eigenvalue weighted by molar-refractivity contribution is 7.12. The van der Waals surface area contributed by atoms with Crippen molar-refractivity contribution in [3.8, 4) is 5.13 Å². The van der Waals surface area contributed by atoms with Crippen molar-refractivity contribution < 1.29 is 14.3 Å². The van der Waals surface area contributed by atoms with Gasteiger partial charge >= 0.3 is 5.97 Å². The van der Waals surface area contributed by atoms with Gasteiger partial charge in [0.25, 0.3) is 0 Å². The maximum atomic E-state index is 14.8. The summed E-state index contributed by atoms with van der Waals surface area (Å²) in [4.78, 5) is 38.4. The van der Waals surface area contributed by atoms with E-state index in [4.69, 9.17) is 0 Å². The van der Waals surface area contributed by atoms with Crippen LogP contribution in [0.3, 0.4) is 0 Å². The third-order valence-corrected chi connectivity index (χ3v) is 5.65. The van der Waals surface area contributed by atoms with Crippen LogP contribution in [0.25, 0.3) is 16.2 Å². The van der Waals surface area contributed by atoms with Crippen LogP contribution in [-0.4, -0.2) is 48.3 Å². The van der Waals surface area contributed by atoms with Gasteiger partial charge in [0.15, 0.2) is 22.4 Å². The molecule has 1 saturated heterocycles. The average Bonchev–Trinajstić information content (AvgIpc) is 3.35. The van der Waals surface area contributed by atoms with Gasteiger partial charge in [0.1, 0.15) is 5.56 Å². The number of carboxylic acids is 1. The third kappa shape index (κ3) is 2.78. The molecule has 5 rings (SSSR count). The van der Waals surface area contributed by atoms with Crippen LogP contribution in [0.4, 0.5) is 10.2 Å². The van der Waals surface area contributed by atoms with Gasteiger partial charge in [-0.05, 0) is 6.07 Å². The zero-order chi connectivity index (χ0) is 20.1. The lowest BCUT2D eigenvalue weighted by Crippen LogP contribution is -2.48.